The van der Waals surface area contributed by atoms with Crippen LogP contribution in [0.15, 0.2) is 48.5 Å². The van der Waals surface area contributed by atoms with Crippen molar-refractivity contribution in [2.45, 2.75) is 25.8 Å². The molecule has 1 saturated heterocycles. The van der Waals surface area contributed by atoms with Crippen molar-refractivity contribution >= 4 is 34.6 Å². The van der Waals surface area contributed by atoms with Gasteiger partial charge >= 0.3 is 0 Å². The van der Waals surface area contributed by atoms with Crippen molar-refractivity contribution in [2.75, 3.05) is 25.0 Å². The maximum absolute atomic E-state index is 13.3. The number of halogens is 2. The lowest BCUT2D eigenvalue weighted by atomic mass is 9.96. The molecule has 1 fully saturated rings. The van der Waals surface area contributed by atoms with E-state index in [2.05, 4.69) is 46.7 Å². The van der Waals surface area contributed by atoms with Crippen LogP contribution in [-0.4, -0.2) is 29.6 Å². The summed E-state index contributed by atoms with van der Waals surface area (Å²) >= 11 is 11.3. The normalized spacial score (nSPS) is 16.7. The minimum Gasteiger partial charge on any atom is -0.361 e. The molecule has 1 heterocycles. The topological polar surface area (TPSA) is 27.3 Å². The summed E-state index contributed by atoms with van der Waals surface area (Å²) in [5.74, 6) is 0.348. The summed E-state index contributed by atoms with van der Waals surface area (Å²) in [5, 5.41) is 6.97. The molecule has 2 aromatic carbocycles. The molecule has 1 aliphatic heterocycles. The first-order chi connectivity index (χ1) is 13.0. The summed E-state index contributed by atoms with van der Waals surface area (Å²) in [5.41, 5.74) is 1.95. The summed E-state index contributed by atoms with van der Waals surface area (Å²) in [6.45, 7) is 5.21. The van der Waals surface area contributed by atoms with Crippen LogP contribution in [0.2, 0.25) is 5.02 Å². The summed E-state index contributed by atoms with van der Waals surface area (Å²) in [6, 6.07) is 15.3. The fraction of sp³-hybridized carbons (Fsp3) is 0.381. The molecule has 1 unspecified atom stereocenters. The fourth-order valence-electron chi connectivity index (χ4n) is 3.41. The van der Waals surface area contributed by atoms with Crippen molar-refractivity contribution in [3.8, 4) is 0 Å². The van der Waals surface area contributed by atoms with Gasteiger partial charge in [-0.05, 0) is 67.8 Å². The van der Waals surface area contributed by atoms with Crippen LogP contribution in [0.25, 0.3) is 0 Å². The Morgan fingerprint density at radius 3 is 2.59 bits per heavy atom. The molecule has 0 saturated carbocycles. The molecule has 0 aliphatic carbocycles. The van der Waals surface area contributed by atoms with E-state index in [9.17, 15) is 4.39 Å². The van der Waals surface area contributed by atoms with E-state index >= 15 is 0 Å². The van der Waals surface area contributed by atoms with Gasteiger partial charge in [0.25, 0.3) is 0 Å². The molecule has 144 valence electrons. The molecule has 3 rings (SSSR count). The highest BCUT2D eigenvalue weighted by molar-refractivity contribution is 7.80. The van der Waals surface area contributed by atoms with Crippen LogP contribution in [0.1, 0.15) is 31.4 Å². The first-order valence-electron chi connectivity index (χ1n) is 9.32. The van der Waals surface area contributed by atoms with Crippen LogP contribution in [-0.2, 0) is 0 Å². The maximum Gasteiger partial charge on any atom is 0.170 e. The predicted molar refractivity (Wildman–Crippen MR) is 115 cm³/mol. The largest absolute Gasteiger partial charge is 0.361 e. The minimum atomic E-state index is -0.440. The van der Waals surface area contributed by atoms with E-state index in [0.29, 0.717) is 17.3 Å². The number of hydrogen-bond acceptors (Lipinski definition) is 2. The zero-order valence-corrected chi connectivity index (χ0v) is 17.0. The second kappa shape index (κ2) is 9.49. The molecule has 0 aromatic heterocycles. The SMILES string of the molecule is CC1CCN(C(CNC(=S)Nc2ccc(F)c(Cl)c2)c2ccccc2)CC1. The van der Waals surface area contributed by atoms with Crippen LogP contribution in [0.4, 0.5) is 10.1 Å². The number of benzene rings is 2. The molecule has 2 N–H and O–H groups in total. The number of nitrogens with zero attached hydrogens (tertiary/aromatic N) is 1. The number of nitrogens with one attached hydrogen (secondary N) is 2. The first kappa shape index (κ1) is 20.1. The van der Waals surface area contributed by atoms with Crippen LogP contribution in [0.3, 0.4) is 0 Å². The number of rotatable bonds is 5. The van der Waals surface area contributed by atoms with Crippen LogP contribution >= 0.6 is 23.8 Å². The number of piperidine rings is 1. The second-order valence-electron chi connectivity index (χ2n) is 7.11. The highest BCUT2D eigenvalue weighted by atomic mass is 35.5. The standard InChI is InChI=1S/C21H25ClFN3S/c1-15-9-11-26(12-10-15)20(16-5-3-2-4-6-16)14-24-21(27)25-17-7-8-19(23)18(22)13-17/h2-8,13,15,20H,9-12,14H2,1H3,(H2,24,25,27). The van der Waals surface area contributed by atoms with Gasteiger partial charge in [0, 0.05) is 12.2 Å². The molecular weight excluding hydrogens is 381 g/mol. The molecule has 0 bridgehead atoms. The van der Waals surface area contributed by atoms with Gasteiger partial charge in [-0.3, -0.25) is 4.90 Å². The number of likely N-dealkylation sites (tertiary alicyclic amines) is 1. The summed E-state index contributed by atoms with van der Waals surface area (Å²) in [4.78, 5) is 2.53. The van der Waals surface area contributed by atoms with Crippen LogP contribution in [0, 0.1) is 11.7 Å². The third-order valence-electron chi connectivity index (χ3n) is 5.08. The molecule has 0 spiro atoms. The monoisotopic (exact) mass is 405 g/mol. The van der Waals surface area contributed by atoms with Crippen LogP contribution in [0.5, 0.6) is 0 Å². The van der Waals surface area contributed by atoms with Crippen molar-refractivity contribution < 1.29 is 4.39 Å². The lowest BCUT2D eigenvalue weighted by Crippen LogP contribution is -2.42. The lowest BCUT2D eigenvalue weighted by molar-refractivity contribution is 0.138. The van der Waals surface area contributed by atoms with Crippen molar-refractivity contribution in [2.24, 2.45) is 5.92 Å². The van der Waals surface area contributed by atoms with Gasteiger partial charge in [-0.15, -0.1) is 0 Å². The average molecular weight is 406 g/mol. The Bertz CT molecular complexity index is 763. The van der Waals surface area contributed by atoms with E-state index in [4.69, 9.17) is 23.8 Å². The Kier molecular flexibility index (Phi) is 7.05. The van der Waals surface area contributed by atoms with Gasteiger partial charge in [-0.25, -0.2) is 4.39 Å². The molecule has 0 radical (unpaired) electrons. The Labute approximate surface area is 170 Å². The number of thiocarbonyl (C=S) groups is 1. The lowest BCUT2D eigenvalue weighted by Gasteiger charge is -2.37. The minimum absolute atomic E-state index is 0.0763. The third kappa shape index (κ3) is 5.64. The second-order valence-corrected chi connectivity index (χ2v) is 7.92. The summed E-state index contributed by atoms with van der Waals surface area (Å²) in [6.07, 6.45) is 2.44. The molecule has 27 heavy (non-hydrogen) atoms. The van der Waals surface area contributed by atoms with Gasteiger partial charge in [0.2, 0.25) is 0 Å². The third-order valence-corrected chi connectivity index (χ3v) is 5.61. The maximum atomic E-state index is 13.3. The highest BCUT2D eigenvalue weighted by Crippen LogP contribution is 2.26. The first-order valence-corrected chi connectivity index (χ1v) is 10.1. The fourth-order valence-corrected chi connectivity index (χ4v) is 3.79. The Morgan fingerprint density at radius 2 is 1.93 bits per heavy atom. The summed E-state index contributed by atoms with van der Waals surface area (Å²) in [7, 11) is 0. The van der Waals surface area contributed by atoms with Crippen LogP contribution < -0.4 is 10.6 Å². The van der Waals surface area contributed by atoms with Crippen molar-refractivity contribution in [3.05, 3.63) is 64.9 Å². The predicted octanol–water partition coefficient (Wildman–Crippen LogP) is 5.24. The smallest absolute Gasteiger partial charge is 0.170 e. The van der Waals surface area contributed by atoms with E-state index in [1.54, 1.807) is 6.07 Å². The van der Waals surface area contributed by atoms with Gasteiger partial charge in [0.15, 0.2) is 5.11 Å². The van der Waals surface area contributed by atoms with Gasteiger partial charge in [0.1, 0.15) is 5.82 Å². The molecule has 0 amide bonds. The average Bonchev–Trinajstić information content (AvgIpc) is 2.67. The van der Waals surface area contributed by atoms with Crippen molar-refractivity contribution in [1.29, 1.82) is 0 Å². The van der Waals surface area contributed by atoms with Gasteiger partial charge in [0.05, 0.1) is 11.1 Å². The zero-order valence-electron chi connectivity index (χ0n) is 15.4. The van der Waals surface area contributed by atoms with Gasteiger partial charge < -0.3 is 10.6 Å². The molecule has 1 aliphatic rings. The van der Waals surface area contributed by atoms with E-state index in [-0.39, 0.29) is 11.1 Å². The molecule has 1 atom stereocenters. The highest BCUT2D eigenvalue weighted by Gasteiger charge is 2.24. The Morgan fingerprint density at radius 1 is 1.22 bits per heavy atom. The van der Waals surface area contributed by atoms with Crippen molar-refractivity contribution in [3.63, 3.8) is 0 Å². The Hall–Kier alpha value is -1.69. The summed E-state index contributed by atoms with van der Waals surface area (Å²) < 4.78 is 13.3. The number of hydrogen-bond donors (Lipinski definition) is 2. The quantitative estimate of drug-likeness (QED) is 0.665. The molecule has 2 aromatic rings. The van der Waals surface area contributed by atoms with E-state index in [1.807, 2.05) is 6.07 Å². The van der Waals surface area contributed by atoms with Gasteiger partial charge in [-0.2, -0.15) is 0 Å². The van der Waals surface area contributed by atoms with Crippen molar-refractivity contribution in [1.82, 2.24) is 10.2 Å². The van der Waals surface area contributed by atoms with E-state index in [1.165, 1.54) is 30.5 Å². The molecular formula is C21H25ClFN3S. The zero-order chi connectivity index (χ0) is 19.2. The van der Waals surface area contributed by atoms with E-state index < -0.39 is 5.82 Å². The van der Waals surface area contributed by atoms with Gasteiger partial charge in [-0.1, -0.05) is 48.9 Å². The molecule has 3 nitrogen and oxygen atoms in total. The Balaban J connectivity index is 1.63. The van der Waals surface area contributed by atoms with E-state index in [0.717, 1.165) is 19.0 Å². The molecule has 6 heteroatoms. The number of anilines is 1.